The molecular formula is C23H27NO3. The molecule has 1 atom stereocenters. The van der Waals surface area contributed by atoms with Crippen LogP contribution in [0.15, 0.2) is 48.5 Å². The molecule has 4 heteroatoms. The number of aryl methyl sites for hydroxylation is 1. The lowest BCUT2D eigenvalue weighted by atomic mass is 10.1. The number of para-hydroxylation sites is 1. The van der Waals surface area contributed by atoms with Crippen LogP contribution < -0.4 is 4.74 Å². The molecule has 1 unspecified atom stereocenters. The van der Waals surface area contributed by atoms with Gasteiger partial charge in [0.15, 0.2) is 0 Å². The molecule has 4 nitrogen and oxygen atoms in total. The topological polar surface area (TPSA) is 40.5 Å². The number of nitrogens with zero attached hydrogens (tertiary/aromatic N) is 1. The first-order valence-corrected chi connectivity index (χ1v) is 9.49. The van der Waals surface area contributed by atoms with Crippen molar-refractivity contribution in [1.29, 1.82) is 0 Å². The van der Waals surface area contributed by atoms with Gasteiger partial charge in [-0.2, -0.15) is 0 Å². The number of carbonyl (C=O) groups excluding carboxylic acids is 1. The third-order valence-electron chi connectivity index (χ3n) is 4.92. The van der Waals surface area contributed by atoms with Gasteiger partial charge in [-0.1, -0.05) is 35.9 Å². The lowest BCUT2D eigenvalue weighted by Gasteiger charge is -2.17. The van der Waals surface area contributed by atoms with Gasteiger partial charge in [0.2, 0.25) is 0 Å². The fourth-order valence-electron chi connectivity index (χ4n) is 3.51. The number of rotatable bonds is 7. The largest absolute Gasteiger partial charge is 0.423 e. The second-order valence-electron chi connectivity index (χ2n) is 6.88. The van der Waals surface area contributed by atoms with E-state index in [2.05, 4.69) is 17.6 Å². The quantitative estimate of drug-likeness (QED) is 0.317. The van der Waals surface area contributed by atoms with E-state index in [0.717, 1.165) is 28.6 Å². The Balaban J connectivity index is 1.96. The first-order valence-electron chi connectivity index (χ1n) is 9.49. The Labute approximate surface area is 160 Å². The van der Waals surface area contributed by atoms with Gasteiger partial charge in [0.1, 0.15) is 5.75 Å². The van der Waals surface area contributed by atoms with Gasteiger partial charge in [-0.05, 0) is 52.3 Å². The summed E-state index contributed by atoms with van der Waals surface area (Å²) in [6.45, 7) is 9.57. The van der Waals surface area contributed by atoms with Crippen LogP contribution >= 0.6 is 0 Å². The van der Waals surface area contributed by atoms with E-state index < -0.39 is 0 Å². The zero-order valence-electron chi connectivity index (χ0n) is 16.5. The van der Waals surface area contributed by atoms with E-state index in [-0.39, 0.29) is 12.0 Å². The second-order valence-corrected chi connectivity index (χ2v) is 6.88. The highest BCUT2D eigenvalue weighted by molar-refractivity contribution is 6.06. The van der Waals surface area contributed by atoms with Crippen molar-refractivity contribution in [2.45, 2.75) is 40.2 Å². The van der Waals surface area contributed by atoms with Gasteiger partial charge in [-0.3, -0.25) is 0 Å². The standard InChI is InChI=1S/C23H27NO3/c1-5-26-15-14-17(3)24-18(4)22(20-8-6-7-9-21(20)24)23(25)27-19-12-10-16(2)11-13-19/h6-13,17H,5,14-15H2,1-4H3. The van der Waals surface area contributed by atoms with Gasteiger partial charge in [0, 0.05) is 35.9 Å². The van der Waals surface area contributed by atoms with Gasteiger partial charge < -0.3 is 14.0 Å². The van der Waals surface area contributed by atoms with Crippen molar-refractivity contribution in [3.63, 3.8) is 0 Å². The van der Waals surface area contributed by atoms with Crippen LogP contribution in [0, 0.1) is 13.8 Å². The number of benzene rings is 2. The molecule has 3 aromatic rings. The maximum Gasteiger partial charge on any atom is 0.346 e. The number of ether oxygens (including phenoxy) is 2. The van der Waals surface area contributed by atoms with Crippen molar-refractivity contribution in [3.05, 3.63) is 65.4 Å². The Bertz CT molecular complexity index is 925. The highest BCUT2D eigenvalue weighted by Crippen LogP contribution is 2.31. The van der Waals surface area contributed by atoms with E-state index in [1.807, 2.05) is 63.2 Å². The van der Waals surface area contributed by atoms with Crippen LogP contribution in [0.4, 0.5) is 0 Å². The monoisotopic (exact) mass is 365 g/mol. The number of hydrogen-bond donors (Lipinski definition) is 0. The summed E-state index contributed by atoms with van der Waals surface area (Å²) in [5, 5.41) is 0.926. The molecule has 2 aromatic carbocycles. The molecule has 1 aromatic heterocycles. The minimum absolute atomic E-state index is 0.224. The van der Waals surface area contributed by atoms with Gasteiger partial charge in [0.25, 0.3) is 0 Å². The molecule has 0 bridgehead atoms. The summed E-state index contributed by atoms with van der Waals surface area (Å²) in [5.74, 6) is 0.245. The van der Waals surface area contributed by atoms with Crippen molar-refractivity contribution in [3.8, 4) is 5.75 Å². The second kappa shape index (κ2) is 8.40. The van der Waals surface area contributed by atoms with Gasteiger partial charge >= 0.3 is 5.97 Å². The molecule has 27 heavy (non-hydrogen) atoms. The van der Waals surface area contributed by atoms with E-state index >= 15 is 0 Å². The number of fused-ring (bicyclic) bond motifs is 1. The van der Waals surface area contributed by atoms with E-state index in [1.165, 1.54) is 0 Å². The van der Waals surface area contributed by atoms with Crippen molar-refractivity contribution in [1.82, 2.24) is 4.57 Å². The molecule has 0 saturated heterocycles. The van der Waals surface area contributed by atoms with Crippen LogP contribution in [0.25, 0.3) is 10.9 Å². The minimum Gasteiger partial charge on any atom is -0.423 e. The van der Waals surface area contributed by atoms with E-state index in [4.69, 9.17) is 9.47 Å². The van der Waals surface area contributed by atoms with E-state index in [9.17, 15) is 4.79 Å². The smallest absolute Gasteiger partial charge is 0.346 e. The third-order valence-corrected chi connectivity index (χ3v) is 4.92. The lowest BCUT2D eigenvalue weighted by Crippen LogP contribution is -2.13. The zero-order chi connectivity index (χ0) is 19.4. The molecule has 0 aliphatic heterocycles. The first kappa shape index (κ1) is 19.2. The Morgan fingerprint density at radius 2 is 1.78 bits per heavy atom. The maximum absolute atomic E-state index is 13.0. The molecule has 1 heterocycles. The zero-order valence-corrected chi connectivity index (χ0v) is 16.5. The van der Waals surface area contributed by atoms with Crippen molar-refractivity contribution in [2.24, 2.45) is 0 Å². The number of aromatic nitrogens is 1. The molecule has 0 aliphatic carbocycles. The molecule has 142 valence electrons. The SMILES string of the molecule is CCOCCC(C)n1c(C)c(C(=O)Oc2ccc(C)cc2)c2ccccc21. The lowest BCUT2D eigenvalue weighted by molar-refractivity contribution is 0.0735. The van der Waals surface area contributed by atoms with Crippen LogP contribution in [0.2, 0.25) is 0 Å². The van der Waals surface area contributed by atoms with Gasteiger partial charge in [-0.25, -0.2) is 4.79 Å². The Morgan fingerprint density at radius 3 is 2.48 bits per heavy atom. The fraction of sp³-hybridized carbons (Fsp3) is 0.348. The van der Waals surface area contributed by atoms with Crippen LogP contribution in [0.1, 0.15) is 47.9 Å². The maximum atomic E-state index is 13.0. The molecule has 0 spiro atoms. The Hall–Kier alpha value is -2.59. The van der Waals surface area contributed by atoms with Crippen molar-refractivity contribution >= 4 is 16.9 Å². The van der Waals surface area contributed by atoms with Crippen molar-refractivity contribution in [2.75, 3.05) is 13.2 Å². The van der Waals surface area contributed by atoms with Gasteiger partial charge in [-0.15, -0.1) is 0 Å². The highest BCUT2D eigenvalue weighted by Gasteiger charge is 2.23. The molecule has 0 saturated carbocycles. The summed E-state index contributed by atoms with van der Waals surface area (Å²) in [5.41, 5.74) is 3.74. The summed E-state index contributed by atoms with van der Waals surface area (Å²) in [7, 11) is 0. The first-order chi connectivity index (χ1) is 13.0. The summed E-state index contributed by atoms with van der Waals surface area (Å²) in [4.78, 5) is 13.0. The summed E-state index contributed by atoms with van der Waals surface area (Å²) >= 11 is 0. The Morgan fingerprint density at radius 1 is 1.07 bits per heavy atom. The predicted molar refractivity (Wildman–Crippen MR) is 109 cm³/mol. The Kier molecular flexibility index (Phi) is 5.97. The summed E-state index contributed by atoms with van der Waals surface area (Å²) in [6, 6.07) is 15.8. The van der Waals surface area contributed by atoms with Gasteiger partial charge in [0.05, 0.1) is 5.56 Å². The summed E-state index contributed by atoms with van der Waals surface area (Å²) in [6.07, 6.45) is 0.889. The van der Waals surface area contributed by atoms with Crippen LogP contribution in [0.5, 0.6) is 5.75 Å². The molecule has 0 fully saturated rings. The number of esters is 1. The van der Waals surface area contributed by atoms with Crippen LogP contribution in [-0.2, 0) is 4.74 Å². The predicted octanol–water partition coefficient (Wildman–Crippen LogP) is 5.46. The molecule has 0 N–H and O–H groups in total. The number of hydrogen-bond acceptors (Lipinski definition) is 3. The average molecular weight is 365 g/mol. The third kappa shape index (κ3) is 4.06. The van der Waals surface area contributed by atoms with Crippen LogP contribution in [0.3, 0.4) is 0 Å². The molecular weight excluding hydrogens is 338 g/mol. The molecule has 0 amide bonds. The molecule has 3 rings (SSSR count). The highest BCUT2D eigenvalue weighted by atomic mass is 16.5. The normalized spacial score (nSPS) is 12.3. The van der Waals surface area contributed by atoms with E-state index in [0.29, 0.717) is 24.5 Å². The summed E-state index contributed by atoms with van der Waals surface area (Å²) < 4.78 is 13.4. The molecule has 0 aliphatic rings. The average Bonchev–Trinajstić information content (AvgIpc) is 2.95. The minimum atomic E-state index is -0.316. The van der Waals surface area contributed by atoms with E-state index in [1.54, 1.807) is 0 Å². The van der Waals surface area contributed by atoms with Crippen molar-refractivity contribution < 1.29 is 14.3 Å². The number of carbonyl (C=O) groups is 1. The molecule has 0 radical (unpaired) electrons. The van der Waals surface area contributed by atoms with Crippen LogP contribution in [-0.4, -0.2) is 23.8 Å². The fourth-order valence-corrected chi connectivity index (χ4v) is 3.51.